The average molecular weight is 796 g/mol. The number of aromatic amines is 1. The van der Waals surface area contributed by atoms with Gasteiger partial charge in [-0.15, -0.1) is 0 Å². The number of anilines is 2. The second-order valence-electron chi connectivity index (χ2n) is 15.9. The predicted octanol–water partition coefficient (Wildman–Crippen LogP) is 5.34. The van der Waals surface area contributed by atoms with Crippen LogP contribution in [0.1, 0.15) is 86.6 Å². The van der Waals surface area contributed by atoms with Gasteiger partial charge < -0.3 is 19.6 Å². The van der Waals surface area contributed by atoms with Crippen LogP contribution in [0, 0.1) is 17.2 Å². The van der Waals surface area contributed by atoms with Crippen LogP contribution in [0.2, 0.25) is 0 Å². The fourth-order valence-corrected chi connectivity index (χ4v) is 8.07. The highest BCUT2D eigenvalue weighted by molar-refractivity contribution is 5.97. The standard InChI is InChI=1S/C38H45F4N11O4/c1-4-9-53(35(56)46-22-54)29-6-5-24(12-27(29)39)25-14-37(15-25)20-51(21-37)19-23-7-10-52(11-8-23)26-16-43-32(44-17-26)28-13-30(57-50-28)33(55)45-18-31-47-34(49-48-31)36(2,3)38(40,41)42/h5-6,12-13,16-17,22-23,25H,4,7-11,14-15,18-21H2,1-3H3,(H,45,55)(H,46,54,56)(H,47,48,49). The number of urea groups is 1. The first-order valence-electron chi connectivity index (χ1n) is 19.0. The zero-order chi connectivity index (χ0) is 40.5. The van der Waals surface area contributed by atoms with E-state index in [1.165, 1.54) is 17.0 Å². The van der Waals surface area contributed by atoms with Gasteiger partial charge in [0.15, 0.2) is 17.3 Å². The molecule has 5 heterocycles. The van der Waals surface area contributed by atoms with Gasteiger partial charge in [0.1, 0.15) is 17.1 Å². The van der Waals surface area contributed by atoms with Gasteiger partial charge in [0.2, 0.25) is 12.2 Å². The number of carbonyl (C=O) groups excluding carboxylic acids is 3. The molecule has 1 spiro atoms. The van der Waals surface area contributed by atoms with Gasteiger partial charge in [-0.25, -0.2) is 24.1 Å². The molecule has 1 aromatic carbocycles. The van der Waals surface area contributed by atoms with E-state index in [0.29, 0.717) is 31.2 Å². The van der Waals surface area contributed by atoms with E-state index >= 15 is 4.39 Å². The summed E-state index contributed by atoms with van der Waals surface area (Å²) in [5, 5.41) is 14.6. The number of H-pyrrole nitrogens is 1. The molecule has 15 nitrogen and oxygen atoms in total. The van der Waals surface area contributed by atoms with Crippen LogP contribution in [0.15, 0.2) is 41.2 Å². The Bertz CT molecular complexity index is 2060. The van der Waals surface area contributed by atoms with Crippen molar-refractivity contribution in [3.8, 4) is 11.5 Å². The number of amides is 4. The van der Waals surface area contributed by atoms with Gasteiger partial charge in [0.25, 0.3) is 5.91 Å². The second kappa shape index (κ2) is 15.8. The molecule has 3 aliphatic rings. The molecular weight excluding hydrogens is 750 g/mol. The molecule has 3 N–H and O–H groups in total. The van der Waals surface area contributed by atoms with Gasteiger partial charge in [0, 0.05) is 45.3 Å². The number of halogens is 4. The maximum Gasteiger partial charge on any atom is 0.401 e. The Morgan fingerprint density at radius 3 is 2.47 bits per heavy atom. The van der Waals surface area contributed by atoms with Crippen molar-refractivity contribution in [2.24, 2.45) is 11.3 Å². The minimum atomic E-state index is -4.55. The zero-order valence-electron chi connectivity index (χ0n) is 31.9. The van der Waals surface area contributed by atoms with Crippen LogP contribution in [0.3, 0.4) is 0 Å². The first-order valence-corrected chi connectivity index (χ1v) is 19.0. The topological polar surface area (TPSA) is 178 Å². The number of imide groups is 1. The monoisotopic (exact) mass is 795 g/mol. The third-order valence-corrected chi connectivity index (χ3v) is 11.4. The second-order valence-corrected chi connectivity index (χ2v) is 15.9. The first-order chi connectivity index (χ1) is 27.2. The van der Waals surface area contributed by atoms with Gasteiger partial charge in [0.05, 0.1) is 30.3 Å². The maximum absolute atomic E-state index is 15.1. The molecule has 3 aromatic heterocycles. The number of alkyl halides is 3. The lowest BCUT2D eigenvalue weighted by molar-refractivity contribution is -0.182. The van der Waals surface area contributed by atoms with Gasteiger partial charge in [-0.3, -0.25) is 24.9 Å². The molecule has 2 aliphatic heterocycles. The highest BCUT2D eigenvalue weighted by Gasteiger charge is 2.53. The molecule has 0 radical (unpaired) electrons. The molecule has 2 saturated heterocycles. The Morgan fingerprint density at radius 2 is 1.82 bits per heavy atom. The Hall–Kier alpha value is -5.46. The van der Waals surface area contributed by atoms with Gasteiger partial charge in [-0.2, -0.15) is 18.3 Å². The lowest BCUT2D eigenvalue weighted by atomic mass is 9.56. The summed E-state index contributed by atoms with van der Waals surface area (Å²) in [6.07, 6.45) is 3.94. The van der Waals surface area contributed by atoms with Crippen molar-refractivity contribution in [1.82, 2.24) is 45.8 Å². The van der Waals surface area contributed by atoms with Crippen LogP contribution in [0.25, 0.3) is 11.5 Å². The maximum atomic E-state index is 15.1. The van der Waals surface area contributed by atoms with Crippen molar-refractivity contribution < 1.29 is 36.5 Å². The first kappa shape index (κ1) is 39.8. The summed E-state index contributed by atoms with van der Waals surface area (Å²) in [7, 11) is 0. The molecule has 0 bridgehead atoms. The SMILES string of the molecule is CCCN(C(=O)NC=O)c1ccc(C2CC3(C2)CN(CC2CCN(c4cnc(-c5cc(C(=O)NCc6nc(C(C)(C)C(F)(F)F)n[nH]6)on5)nc4)CC2)C3)cc1F. The van der Waals surface area contributed by atoms with Crippen molar-refractivity contribution in [3.63, 3.8) is 0 Å². The minimum Gasteiger partial charge on any atom is -0.369 e. The predicted molar refractivity (Wildman–Crippen MR) is 199 cm³/mol. The highest BCUT2D eigenvalue weighted by Crippen LogP contribution is 2.56. The Balaban J connectivity index is 0.829. The third-order valence-electron chi connectivity index (χ3n) is 11.4. The van der Waals surface area contributed by atoms with Crippen LogP contribution in [0.4, 0.5) is 33.7 Å². The number of rotatable bonds is 13. The Morgan fingerprint density at radius 1 is 1.11 bits per heavy atom. The van der Waals surface area contributed by atoms with E-state index < -0.39 is 35.2 Å². The number of aromatic nitrogens is 6. The molecule has 19 heteroatoms. The van der Waals surface area contributed by atoms with Gasteiger partial charge >= 0.3 is 12.2 Å². The molecular formula is C38H45F4N11O4. The van der Waals surface area contributed by atoms with Crippen molar-refractivity contribution in [1.29, 1.82) is 0 Å². The third kappa shape index (κ3) is 8.33. The van der Waals surface area contributed by atoms with E-state index in [9.17, 15) is 27.6 Å². The number of hydrogen-bond donors (Lipinski definition) is 3. The number of nitrogens with zero attached hydrogens (tertiary/aromatic N) is 8. The molecule has 7 rings (SSSR count). The van der Waals surface area contributed by atoms with E-state index in [1.54, 1.807) is 18.5 Å². The fraction of sp³-hybridized carbons (Fsp3) is 0.526. The van der Waals surface area contributed by atoms with Crippen LogP contribution in [-0.4, -0.2) is 99.0 Å². The molecule has 4 amide bonds. The van der Waals surface area contributed by atoms with Crippen LogP contribution >= 0.6 is 0 Å². The number of carbonyl (C=O) groups is 3. The smallest absolute Gasteiger partial charge is 0.369 e. The lowest BCUT2D eigenvalue weighted by Gasteiger charge is -2.60. The number of likely N-dealkylation sites (tertiary alicyclic amines) is 1. The summed E-state index contributed by atoms with van der Waals surface area (Å²) in [4.78, 5) is 54.5. The molecule has 57 heavy (non-hydrogen) atoms. The van der Waals surface area contributed by atoms with Crippen LogP contribution in [-0.2, 0) is 16.8 Å². The van der Waals surface area contributed by atoms with Crippen molar-refractivity contribution in [3.05, 3.63) is 65.4 Å². The molecule has 0 unspecified atom stereocenters. The van der Waals surface area contributed by atoms with Crippen LogP contribution in [0.5, 0.6) is 0 Å². The van der Waals surface area contributed by atoms with E-state index in [1.807, 2.05) is 13.0 Å². The van der Waals surface area contributed by atoms with Crippen molar-refractivity contribution in [2.75, 3.05) is 49.1 Å². The lowest BCUT2D eigenvalue weighted by Crippen LogP contribution is -2.62. The van der Waals surface area contributed by atoms with E-state index in [4.69, 9.17) is 4.52 Å². The molecule has 1 aliphatic carbocycles. The Kier molecular flexibility index (Phi) is 11.0. The van der Waals surface area contributed by atoms with E-state index in [0.717, 1.165) is 83.5 Å². The Labute approximate surface area is 326 Å². The fourth-order valence-electron chi connectivity index (χ4n) is 8.07. The summed E-state index contributed by atoms with van der Waals surface area (Å²) in [5.74, 6) is -0.461. The largest absolute Gasteiger partial charge is 0.401 e. The summed E-state index contributed by atoms with van der Waals surface area (Å²) in [5.41, 5.74) is 0.284. The summed E-state index contributed by atoms with van der Waals surface area (Å²) >= 11 is 0. The minimum absolute atomic E-state index is 0.0534. The average Bonchev–Trinajstić information content (AvgIpc) is 3.85. The number of nitrogens with one attached hydrogen (secondary N) is 3. The summed E-state index contributed by atoms with van der Waals surface area (Å²) < 4.78 is 60.2. The number of piperidine rings is 1. The van der Waals surface area contributed by atoms with E-state index in [-0.39, 0.29) is 40.8 Å². The zero-order valence-corrected chi connectivity index (χ0v) is 31.9. The summed E-state index contributed by atoms with van der Waals surface area (Å²) in [6.45, 7) is 8.83. The van der Waals surface area contributed by atoms with Crippen LogP contribution < -0.4 is 20.4 Å². The summed E-state index contributed by atoms with van der Waals surface area (Å²) in [6, 6.07) is 5.83. The van der Waals surface area contributed by atoms with Gasteiger partial charge in [-0.1, -0.05) is 18.1 Å². The van der Waals surface area contributed by atoms with E-state index in [2.05, 4.69) is 50.7 Å². The van der Waals surface area contributed by atoms with Gasteiger partial charge in [-0.05, 0) is 80.9 Å². The molecule has 304 valence electrons. The molecule has 1 saturated carbocycles. The molecule has 0 atom stereocenters. The highest BCUT2D eigenvalue weighted by atomic mass is 19.4. The van der Waals surface area contributed by atoms with Crippen molar-refractivity contribution >= 4 is 29.7 Å². The normalized spacial score (nSPS) is 17.6. The molecule has 4 aromatic rings. The number of benzene rings is 1. The quantitative estimate of drug-likeness (QED) is 0.118. The molecule has 3 fully saturated rings. The van der Waals surface area contributed by atoms with Crippen molar-refractivity contribution in [2.45, 2.75) is 76.9 Å². The number of hydrogen-bond acceptors (Lipinski definition) is 11.